The zero-order valence-electron chi connectivity index (χ0n) is 10.1. The second-order valence-electron chi connectivity index (χ2n) is 4.17. The summed E-state index contributed by atoms with van der Waals surface area (Å²) in [6.07, 6.45) is 1.35. The van der Waals surface area contributed by atoms with Gasteiger partial charge in [0, 0.05) is 10.2 Å². The molecule has 0 aliphatic rings. The van der Waals surface area contributed by atoms with Crippen molar-refractivity contribution in [1.29, 1.82) is 0 Å². The summed E-state index contributed by atoms with van der Waals surface area (Å²) in [5.41, 5.74) is 0.881. The molecule has 6 heteroatoms. The number of aromatic nitrogens is 1. The van der Waals surface area contributed by atoms with Crippen LogP contribution in [0.25, 0.3) is 10.8 Å². The van der Waals surface area contributed by atoms with E-state index >= 15 is 0 Å². The van der Waals surface area contributed by atoms with Crippen LogP contribution in [0.1, 0.15) is 9.67 Å². The first kappa shape index (κ1) is 13.1. The Morgan fingerprint density at radius 2 is 1.95 bits per heavy atom. The molecule has 0 aliphatic carbocycles. The maximum atomic E-state index is 10.8. The number of benzene rings is 2. The minimum atomic E-state index is -0.959. The molecule has 0 amide bonds. The number of rotatable bonds is 3. The van der Waals surface area contributed by atoms with Gasteiger partial charge in [0.25, 0.3) is 0 Å². The van der Waals surface area contributed by atoms with Gasteiger partial charge in [-0.1, -0.05) is 39.4 Å². The van der Waals surface area contributed by atoms with Gasteiger partial charge >= 0.3 is 5.97 Å². The van der Waals surface area contributed by atoms with Crippen LogP contribution in [-0.2, 0) is 0 Å². The Morgan fingerprint density at radius 3 is 2.70 bits per heavy atom. The van der Waals surface area contributed by atoms with Crippen LogP contribution < -0.4 is 5.32 Å². The van der Waals surface area contributed by atoms with Crippen molar-refractivity contribution in [3.8, 4) is 0 Å². The second kappa shape index (κ2) is 5.22. The van der Waals surface area contributed by atoms with Crippen molar-refractivity contribution < 1.29 is 9.90 Å². The number of hydrogen-bond donors (Lipinski definition) is 2. The third kappa shape index (κ3) is 2.66. The first-order valence-electron chi connectivity index (χ1n) is 5.77. The Balaban J connectivity index is 1.90. The average Bonchev–Trinajstić information content (AvgIpc) is 2.88. The third-order valence-corrected chi connectivity index (χ3v) is 4.16. The molecule has 100 valence electrons. The highest BCUT2D eigenvalue weighted by atomic mass is 79.9. The lowest BCUT2D eigenvalue weighted by atomic mass is 10.1. The van der Waals surface area contributed by atoms with Gasteiger partial charge in [0.05, 0.1) is 6.20 Å². The van der Waals surface area contributed by atoms with E-state index in [1.54, 1.807) is 0 Å². The summed E-state index contributed by atoms with van der Waals surface area (Å²) < 4.78 is 1.04. The van der Waals surface area contributed by atoms with Crippen molar-refractivity contribution in [2.45, 2.75) is 0 Å². The summed E-state index contributed by atoms with van der Waals surface area (Å²) in [4.78, 5) is 15.1. The van der Waals surface area contributed by atoms with Crippen LogP contribution in [0.3, 0.4) is 0 Å². The van der Waals surface area contributed by atoms with E-state index in [-0.39, 0.29) is 4.88 Å². The van der Waals surface area contributed by atoms with Gasteiger partial charge in [-0.15, -0.1) is 0 Å². The van der Waals surface area contributed by atoms with E-state index in [0.717, 1.165) is 32.3 Å². The number of hydrogen-bond acceptors (Lipinski definition) is 4. The van der Waals surface area contributed by atoms with Gasteiger partial charge in [0.2, 0.25) is 0 Å². The van der Waals surface area contributed by atoms with Gasteiger partial charge in [-0.25, -0.2) is 9.78 Å². The summed E-state index contributed by atoms with van der Waals surface area (Å²) in [6.45, 7) is 0. The molecule has 3 aromatic rings. The Kier molecular flexibility index (Phi) is 3.42. The molecule has 2 N–H and O–H groups in total. The topological polar surface area (TPSA) is 62.2 Å². The highest BCUT2D eigenvalue weighted by molar-refractivity contribution is 9.10. The number of nitrogens with zero attached hydrogens (tertiary/aromatic N) is 1. The van der Waals surface area contributed by atoms with Gasteiger partial charge < -0.3 is 10.4 Å². The van der Waals surface area contributed by atoms with E-state index < -0.39 is 5.97 Å². The van der Waals surface area contributed by atoms with Crippen molar-refractivity contribution in [2.24, 2.45) is 0 Å². The first-order chi connectivity index (χ1) is 9.61. The number of thiazole rings is 1. The normalized spacial score (nSPS) is 10.7. The van der Waals surface area contributed by atoms with Gasteiger partial charge in [-0.2, -0.15) is 0 Å². The molecule has 2 aromatic carbocycles. The lowest BCUT2D eigenvalue weighted by Gasteiger charge is -2.05. The third-order valence-electron chi connectivity index (χ3n) is 2.77. The molecule has 0 radical (unpaired) electrons. The van der Waals surface area contributed by atoms with Crippen LogP contribution in [0, 0.1) is 0 Å². The van der Waals surface area contributed by atoms with Crippen LogP contribution in [0.15, 0.2) is 47.1 Å². The molecule has 3 rings (SSSR count). The number of carboxylic acids is 1. The lowest BCUT2D eigenvalue weighted by Crippen LogP contribution is -1.90. The Morgan fingerprint density at radius 1 is 1.20 bits per heavy atom. The van der Waals surface area contributed by atoms with Crippen LogP contribution >= 0.6 is 27.3 Å². The minimum absolute atomic E-state index is 0.220. The van der Waals surface area contributed by atoms with Crippen LogP contribution in [0.4, 0.5) is 10.8 Å². The number of nitrogens with one attached hydrogen (secondary N) is 1. The fourth-order valence-electron chi connectivity index (χ4n) is 1.85. The summed E-state index contributed by atoms with van der Waals surface area (Å²) in [5, 5.41) is 14.8. The maximum Gasteiger partial charge on any atom is 0.347 e. The number of fused-ring (bicyclic) bond motifs is 1. The molecule has 0 atom stereocenters. The molecular weight excluding hydrogens is 340 g/mol. The van der Waals surface area contributed by atoms with E-state index in [0.29, 0.717) is 5.13 Å². The van der Waals surface area contributed by atoms with Crippen molar-refractivity contribution >= 4 is 54.8 Å². The van der Waals surface area contributed by atoms with Crippen LogP contribution in [0.2, 0.25) is 0 Å². The number of anilines is 2. The number of halogens is 1. The molecule has 4 nitrogen and oxygen atoms in total. The molecule has 0 spiro atoms. The summed E-state index contributed by atoms with van der Waals surface area (Å²) in [5.74, 6) is -0.959. The smallest absolute Gasteiger partial charge is 0.347 e. The number of aromatic carboxylic acids is 1. The summed E-state index contributed by atoms with van der Waals surface area (Å²) >= 11 is 4.56. The van der Waals surface area contributed by atoms with E-state index in [9.17, 15) is 4.79 Å². The molecule has 0 fully saturated rings. The molecular formula is C14H9BrN2O2S. The van der Waals surface area contributed by atoms with Crippen LogP contribution in [0.5, 0.6) is 0 Å². The zero-order valence-corrected chi connectivity index (χ0v) is 12.5. The van der Waals surface area contributed by atoms with E-state index in [1.807, 2.05) is 36.4 Å². The molecule has 0 unspecified atom stereocenters. The zero-order chi connectivity index (χ0) is 14.1. The molecule has 20 heavy (non-hydrogen) atoms. The van der Waals surface area contributed by atoms with Gasteiger partial charge in [0.1, 0.15) is 4.88 Å². The predicted octanol–water partition coefficient (Wildman–Crippen LogP) is 4.50. The Hall–Kier alpha value is -1.92. The van der Waals surface area contributed by atoms with Crippen molar-refractivity contribution in [3.05, 3.63) is 51.9 Å². The van der Waals surface area contributed by atoms with Gasteiger partial charge in [-0.3, -0.25) is 0 Å². The molecule has 0 bridgehead atoms. The van der Waals surface area contributed by atoms with Crippen molar-refractivity contribution in [3.63, 3.8) is 0 Å². The maximum absolute atomic E-state index is 10.8. The SMILES string of the molecule is O=C(O)c1cnc(Nc2ccc3cc(Br)ccc3c2)s1. The summed E-state index contributed by atoms with van der Waals surface area (Å²) in [7, 11) is 0. The Bertz CT molecular complexity index is 801. The monoisotopic (exact) mass is 348 g/mol. The van der Waals surface area contributed by atoms with Crippen molar-refractivity contribution in [1.82, 2.24) is 4.98 Å². The van der Waals surface area contributed by atoms with Crippen molar-refractivity contribution in [2.75, 3.05) is 5.32 Å². The summed E-state index contributed by atoms with van der Waals surface area (Å²) in [6, 6.07) is 12.0. The fraction of sp³-hybridized carbons (Fsp3) is 0. The highest BCUT2D eigenvalue weighted by Gasteiger charge is 2.08. The van der Waals surface area contributed by atoms with Crippen LogP contribution in [-0.4, -0.2) is 16.1 Å². The molecule has 0 saturated carbocycles. The lowest BCUT2D eigenvalue weighted by molar-refractivity contribution is 0.0702. The molecule has 1 heterocycles. The standard InChI is InChI=1S/C14H9BrN2O2S/c15-10-3-1-9-6-11(4-2-8(9)5-10)17-14-16-7-12(20-14)13(18)19/h1-7H,(H,16,17)(H,18,19). The highest BCUT2D eigenvalue weighted by Crippen LogP contribution is 2.26. The average molecular weight is 349 g/mol. The molecule has 0 saturated heterocycles. The van der Waals surface area contributed by atoms with E-state index in [4.69, 9.17) is 5.11 Å². The quantitative estimate of drug-likeness (QED) is 0.731. The first-order valence-corrected chi connectivity index (χ1v) is 7.38. The van der Waals surface area contributed by atoms with Gasteiger partial charge in [-0.05, 0) is 35.0 Å². The largest absolute Gasteiger partial charge is 0.477 e. The Labute approximate surface area is 127 Å². The number of carbonyl (C=O) groups is 1. The predicted molar refractivity (Wildman–Crippen MR) is 84.0 cm³/mol. The minimum Gasteiger partial charge on any atom is -0.477 e. The molecule has 1 aromatic heterocycles. The van der Waals surface area contributed by atoms with Gasteiger partial charge in [0.15, 0.2) is 5.13 Å². The molecule has 0 aliphatic heterocycles. The number of carboxylic acid groups (broad SMARTS) is 1. The fourth-order valence-corrected chi connectivity index (χ4v) is 2.90. The van der Waals surface area contributed by atoms with E-state index in [2.05, 4.69) is 26.2 Å². The second-order valence-corrected chi connectivity index (χ2v) is 6.11. The van der Waals surface area contributed by atoms with E-state index in [1.165, 1.54) is 6.20 Å².